The number of hydrogen-bond donors (Lipinski definition) is 2. The number of aldehydes is 1. The van der Waals surface area contributed by atoms with E-state index >= 15 is 0 Å². The minimum atomic E-state index is -3.87. The average molecular weight is 498 g/mol. The Morgan fingerprint density at radius 2 is 1.85 bits per heavy atom. The maximum Gasteiger partial charge on any atom is 0.261 e. The monoisotopic (exact) mass is 497 g/mol. The van der Waals surface area contributed by atoms with Crippen molar-refractivity contribution in [2.75, 3.05) is 17.1 Å². The highest BCUT2D eigenvalue weighted by Crippen LogP contribution is 2.30. The first-order valence-electron chi connectivity index (χ1n) is 10.0. The molecule has 0 saturated carbocycles. The summed E-state index contributed by atoms with van der Waals surface area (Å²) in [5.41, 5.74) is 2.87. The van der Waals surface area contributed by atoms with Crippen LogP contribution >= 0.6 is 11.6 Å². The van der Waals surface area contributed by atoms with Gasteiger partial charge in [-0.1, -0.05) is 29.3 Å². The summed E-state index contributed by atoms with van der Waals surface area (Å²) in [5, 5.41) is 3.41. The predicted molar refractivity (Wildman–Crippen MR) is 132 cm³/mol. The number of nitrogens with zero attached hydrogens (tertiary/aromatic N) is 1. The Labute approximate surface area is 201 Å². The number of hydrogen-bond acceptors (Lipinski definition) is 7. The zero-order valence-corrected chi connectivity index (χ0v) is 19.8. The first kappa shape index (κ1) is 23.3. The van der Waals surface area contributed by atoms with Crippen molar-refractivity contribution in [3.05, 3.63) is 83.3 Å². The summed E-state index contributed by atoms with van der Waals surface area (Å²) in [6.45, 7) is 1.91. The van der Waals surface area contributed by atoms with Gasteiger partial charge in [0.1, 0.15) is 11.3 Å². The van der Waals surface area contributed by atoms with Gasteiger partial charge in [-0.3, -0.25) is 9.52 Å². The van der Waals surface area contributed by atoms with Crippen molar-refractivity contribution in [2.45, 2.75) is 11.8 Å². The number of fused-ring (bicyclic) bond motifs is 1. The molecular weight excluding hydrogens is 478 g/mol. The maximum absolute atomic E-state index is 12.9. The normalized spacial score (nSPS) is 11.9. The molecule has 0 spiro atoms. The third-order valence-corrected chi connectivity index (χ3v) is 6.51. The molecule has 1 heterocycles. The summed E-state index contributed by atoms with van der Waals surface area (Å²) in [5.74, 6) is 0.462. The number of carbonyl (C=O) groups excluding carboxylic acids is 1. The van der Waals surface area contributed by atoms with Gasteiger partial charge in [0.2, 0.25) is 5.89 Å². The summed E-state index contributed by atoms with van der Waals surface area (Å²) in [6, 6.07) is 16.3. The smallest absolute Gasteiger partial charge is 0.261 e. The first-order chi connectivity index (χ1) is 16.3. The lowest BCUT2D eigenvalue weighted by Gasteiger charge is -2.13. The molecule has 1 aromatic heterocycles. The van der Waals surface area contributed by atoms with Crippen molar-refractivity contribution in [1.29, 1.82) is 0 Å². The number of carbonyl (C=O) groups is 1. The van der Waals surface area contributed by atoms with Gasteiger partial charge in [0.05, 0.1) is 23.3 Å². The number of rotatable bonds is 8. The molecule has 3 aromatic carbocycles. The molecule has 0 aliphatic carbocycles. The van der Waals surface area contributed by atoms with Gasteiger partial charge < -0.3 is 14.5 Å². The molecule has 0 atom stereocenters. The molecule has 8 nitrogen and oxygen atoms in total. The minimum absolute atomic E-state index is 0.00827. The van der Waals surface area contributed by atoms with Crippen LogP contribution in [0.5, 0.6) is 5.75 Å². The number of aromatic nitrogens is 1. The van der Waals surface area contributed by atoms with Crippen LogP contribution in [0.25, 0.3) is 16.7 Å². The highest BCUT2D eigenvalue weighted by Gasteiger charge is 2.17. The second kappa shape index (κ2) is 9.58. The molecule has 0 radical (unpaired) electrons. The molecule has 4 rings (SSSR count). The number of halogens is 1. The van der Waals surface area contributed by atoms with Crippen LogP contribution in [0.4, 0.5) is 11.4 Å². The molecule has 10 heteroatoms. The zero-order chi connectivity index (χ0) is 24.3. The number of aryl methyl sites for hydroxylation is 1. The van der Waals surface area contributed by atoms with Crippen molar-refractivity contribution in [2.24, 2.45) is 0 Å². The molecule has 2 N–H and O–H groups in total. The van der Waals surface area contributed by atoms with Gasteiger partial charge in [-0.05, 0) is 55.5 Å². The zero-order valence-electron chi connectivity index (χ0n) is 18.2. The van der Waals surface area contributed by atoms with Gasteiger partial charge >= 0.3 is 0 Å². The number of anilines is 2. The van der Waals surface area contributed by atoms with Gasteiger partial charge in [0.15, 0.2) is 11.9 Å². The summed E-state index contributed by atoms with van der Waals surface area (Å²) < 4.78 is 39.3. The second-order valence-corrected chi connectivity index (χ2v) is 9.45. The summed E-state index contributed by atoms with van der Waals surface area (Å²) in [7, 11) is -2.42. The highest BCUT2D eigenvalue weighted by atomic mass is 35.5. The highest BCUT2D eigenvalue weighted by molar-refractivity contribution is 7.92. The molecule has 34 heavy (non-hydrogen) atoms. The Balaban J connectivity index is 1.63. The van der Waals surface area contributed by atoms with Crippen molar-refractivity contribution in [3.63, 3.8) is 0 Å². The lowest BCUT2D eigenvalue weighted by molar-refractivity contribution is -0.103. The van der Waals surface area contributed by atoms with Crippen LogP contribution < -0.4 is 14.8 Å². The second-order valence-electron chi connectivity index (χ2n) is 7.33. The van der Waals surface area contributed by atoms with E-state index in [-0.39, 0.29) is 16.4 Å². The molecule has 0 amide bonds. The van der Waals surface area contributed by atoms with Crippen LogP contribution in [-0.2, 0) is 14.8 Å². The summed E-state index contributed by atoms with van der Waals surface area (Å²) in [6.07, 6.45) is 1.94. The molecule has 0 aliphatic rings. The fraction of sp³-hybridized carbons (Fsp3) is 0.0833. The molecule has 0 bridgehead atoms. The van der Waals surface area contributed by atoms with Gasteiger partial charge in [-0.25, -0.2) is 13.4 Å². The standard InChI is InChI=1S/C24H20ClN3O5S/c1-15-3-6-18(7-4-15)28-34(30,31)19-8-10-22(32-2)20(12-19)26-13-16(14-29)24-27-21-11-17(25)5-9-23(21)33-24/h3-14,26,28H,1-2H3/b16-13+. The fourth-order valence-electron chi connectivity index (χ4n) is 3.13. The first-order valence-corrected chi connectivity index (χ1v) is 11.9. The Morgan fingerprint density at radius 3 is 2.56 bits per heavy atom. The number of benzene rings is 3. The lowest BCUT2D eigenvalue weighted by atomic mass is 10.2. The van der Waals surface area contributed by atoms with Gasteiger partial charge in [0.25, 0.3) is 10.0 Å². The number of allylic oxidation sites excluding steroid dienone is 1. The van der Waals surface area contributed by atoms with E-state index in [1.165, 1.54) is 31.5 Å². The fourth-order valence-corrected chi connectivity index (χ4v) is 4.38. The van der Waals surface area contributed by atoms with Crippen LogP contribution in [0.1, 0.15) is 11.5 Å². The van der Waals surface area contributed by atoms with E-state index < -0.39 is 10.0 Å². The van der Waals surface area contributed by atoms with E-state index in [1.54, 1.807) is 30.3 Å². The number of sulfonamides is 1. The van der Waals surface area contributed by atoms with Gasteiger partial charge in [-0.15, -0.1) is 0 Å². The average Bonchev–Trinajstić information content (AvgIpc) is 3.23. The lowest BCUT2D eigenvalue weighted by Crippen LogP contribution is -2.13. The summed E-state index contributed by atoms with van der Waals surface area (Å²) in [4.78, 5) is 16.0. The Bertz CT molecular complexity index is 1500. The molecular formula is C24H20ClN3O5S. The van der Waals surface area contributed by atoms with E-state index in [1.807, 2.05) is 19.1 Å². The number of oxazole rings is 1. The van der Waals surface area contributed by atoms with Crippen LogP contribution in [0.3, 0.4) is 0 Å². The number of methoxy groups -OCH3 is 1. The van der Waals surface area contributed by atoms with Crippen LogP contribution in [0.15, 0.2) is 76.2 Å². The van der Waals surface area contributed by atoms with E-state index in [0.29, 0.717) is 39.5 Å². The Hall–Kier alpha value is -3.82. The molecule has 0 saturated heterocycles. The van der Waals surface area contributed by atoms with Crippen molar-refractivity contribution in [3.8, 4) is 5.75 Å². The minimum Gasteiger partial charge on any atom is -0.495 e. The SMILES string of the molecule is COc1ccc(S(=O)(=O)Nc2ccc(C)cc2)cc1N/C=C(\C=O)c1nc2cc(Cl)ccc2o1. The molecule has 4 aromatic rings. The number of ether oxygens (including phenoxy) is 1. The third-order valence-electron chi connectivity index (χ3n) is 4.89. The molecule has 0 fully saturated rings. The van der Waals surface area contributed by atoms with Crippen LogP contribution in [0, 0.1) is 6.92 Å². The van der Waals surface area contributed by atoms with Crippen molar-refractivity contribution >= 4 is 56.0 Å². The van der Waals surface area contributed by atoms with Gasteiger partial charge in [-0.2, -0.15) is 0 Å². The van der Waals surface area contributed by atoms with E-state index in [9.17, 15) is 13.2 Å². The Morgan fingerprint density at radius 1 is 1.09 bits per heavy atom. The third kappa shape index (κ3) is 5.05. The van der Waals surface area contributed by atoms with E-state index in [0.717, 1.165) is 5.56 Å². The van der Waals surface area contributed by atoms with Crippen molar-refractivity contribution in [1.82, 2.24) is 4.98 Å². The number of nitrogens with one attached hydrogen (secondary N) is 2. The molecule has 174 valence electrons. The topological polar surface area (TPSA) is 111 Å². The van der Waals surface area contributed by atoms with Gasteiger partial charge in [0, 0.05) is 16.9 Å². The summed E-state index contributed by atoms with van der Waals surface area (Å²) >= 11 is 5.98. The largest absolute Gasteiger partial charge is 0.495 e. The molecule has 0 aliphatic heterocycles. The van der Waals surface area contributed by atoms with Crippen molar-refractivity contribution < 1.29 is 22.4 Å². The Kier molecular flexibility index (Phi) is 6.58. The van der Waals surface area contributed by atoms with Crippen LogP contribution in [0.2, 0.25) is 5.02 Å². The molecule has 0 unspecified atom stereocenters. The van der Waals surface area contributed by atoms with E-state index in [2.05, 4.69) is 15.0 Å². The van der Waals surface area contributed by atoms with E-state index in [4.69, 9.17) is 20.8 Å². The van der Waals surface area contributed by atoms with Crippen LogP contribution in [-0.4, -0.2) is 26.8 Å². The quantitative estimate of drug-likeness (QED) is 0.252. The maximum atomic E-state index is 12.9. The predicted octanol–water partition coefficient (Wildman–Crippen LogP) is 5.25.